The maximum atomic E-state index is 11.0. The van der Waals surface area contributed by atoms with Crippen LogP contribution in [0.4, 0.5) is 0 Å². The van der Waals surface area contributed by atoms with Gasteiger partial charge in [-0.25, -0.2) is 4.98 Å². The summed E-state index contributed by atoms with van der Waals surface area (Å²) in [5.41, 5.74) is 7.85. The molecule has 1 radical (unpaired) electrons. The molecule has 6 heteroatoms. The molecule has 0 atom stereocenters. The monoisotopic (exact) mass is 225 g/mol. The molecule has 0 saturated heterocycles. The number of hydrogen-bond donors (Lipinski definition) is 3. The number of amides is 1. The average Bonchev–Trinajstić information content (AvgIpc) is 2.63. The Bertz CT molecular complexity index is 323. The fourth-order valence-corrected chi connectivity index (χ4v) is 1.65. The number of aromatic nitrogens is 1. The molecule has 81 valence electrons. The van der Waals surface area contributed by atoms with E-state index in [1.54, 1.807) is 16.8 Å². The first-order chi connectivity index (χ1) is 7.18. The molecule has 1 amide bonds. The number of carbonyl (C=O) groups is 1. The quantitative estimate of drug-likeness (QED) is 0.391. The first-order valence-corrected chi connectivity index (χ1v) is 5.48. The summed E-state index contributed by atoms with van der Waals surface area (Å²) in [4.78, 5) is 15.1. The van der Waals surface area contributed by atoms with Crippen molar-refractivity contribution in [2.45, 2.75) is 19.3 Å². The number of thiazole rings is 1. The van der Waals surface area contributed by atoms with Gasteiger partial charge in [0.25, 0.3) is 0 Å². The van der Waals surface area contributed by atoms with Crippen LogP contribution in [-0.2, 0) is 11.2 Å². The Labute approximate surface area is 92.2 Å². The number of nitrogens with two attached hydrogens (primary N) is 1. The van der Waals surface area contributed by atoms with Crippen LogP contribution in [0.25, 0.3) is 0 Å². The lowest BCUT2D eigenvalue weighted by Crippen LogP contribution is -2.35. The van der Waals surface area contributed by atoms with Crippen molar-refractivity contribution in [3.63, 3.8) is 0 Å². The number of nitrogens with zero attached hydrogens (tertiary/aromatic N) is 1. The van der Waals surface area contributed by atoms with Crippen LogP contribution in [0.15, 0.2) is 10.9 Å². The Morgan fingerprint density at radius 3 is 3.13 bits per heavy atom. The highest BCUT2D eigenvalue weighted by Crippen LogP contribution is 2.06. The van der Waals surface area contributed by atoms with E-state index in [2.05, 4.69) is 10.3 Å². The third-order valence-corrected chi connectivity index (χ3v) is 2.34. The van der Waals surface area contributed by atoms with Crippen molar-refractivity contribution < 1.29 is 4.79 Å². The molecule has 0 aliphatic rings. The van der Waals surface area contributed by atoms with Gasteiger partial charge < -0.3 is 5.73 Å². The first-order valence-electron chi connectivity index (χ1n) is 4.54. The molecule has 0 spiro atoms. The van der Waals surface area contributed by atoms with Crippen molar-refractivity contribution in [1.29, 1.82) is 5.41 Å². The van der Waals surface area contributed by atoms with Crippen LogP contribution in [0.5, 0.6) is 0 Å². The summed E-state index contributed by atoms with van der Waals surface area (Å²) in [5, 5.41) is 11.0. The smallest absolute Gasteiger partial charge is 0.230 e. The van der Waals surface area contributed by atoms with Crippen LogP contribution < -0.4 is 11.1 Å². The van der Waals surface area contributed by atoms with E-state index in [0.29, 0.717) is 6.42 Å². The fourth-order valence-electron chi connectivity index (χ4n) is 1.06. The van der Waals surface area contributed by atoms with Gasteiger partial charge in [-0.3, -0.25) is 15.5 Å². The van der Waals surface area contributed by atoms with E-state index in [9.17, 15) is 4.79 Å². The van der Waals surface area contributed by atoms with Gasteiger partial charge in [-0.1, -0.05) is 0 Å². The van der Waals surface area contributed by atoms with Gasteiger partial charge in [0.05, 0.1) is 11.2 Å². The zero-order valence-electron chi connectivity index (χ0n) is 8.19. The molecule has 0 bridgehead atoms. The molecule has 1 aromatic heterocycles. The molecule has 5 nitrogen and oxygen atoms in total. The molecule has 4 N–H and O–H groups in total. The van der Waals surface area contributed by atoms with Crippen molar-refractivity contribution >= 4 is 23.2 Å². The van der Waals surface area contributed by atoms with Crippen LogP contribution in [0.2, 0.25) is 0 Å². The predicted molar refractivity (Wildman–Crippen MR) is 59.4 cm³/mol. The standard InChI is InChI=1S/C9H13N4OS/c10-9(11)13-8(14)4-2-1-3-7-5-15-6-12-7/h4-6H,1-3H2,(H4,10,11,13,14). The molecule has 0 aliphatic heterocycles. The van der Waals surface area contributed by atoms with E-state index >= 15 is 0 Å². The van der Waals surface area contributed by atoms with Crippen LogP contribution in [0.3, 0.4) is 0 Å². The molecule has 0 saturated carbocycles. The van der Waals surface area contributed by atoms with E-state index < -0.39 is 0 Å². The van der Waals surface area contributed by atoms with Crippen LogP contribution in [0.1, 0.15) is 18.5 Å². The average molecular weight is 225 g/mol. The molecule has 1 rings (SSSR count). The largest absolute Gasteiger partial charge is 0.370 e. The summed E-state index contributed by atoms with van der Waals surface area (Å²) in [6, 6.07) is 0. The van der Waals surface area contributed by atoms with Gasteiger partial charge >= 0.3 is 0 Å². The Morgan fingerprint density at radius 2 is 2.53 bits per heavy atom. The highest BCUT2D eigenvalue weighted by molar-refractivity contribution is 7.07. The lowest BCUT2D eigenvalue weighted by Gasteiger charge is -2.01. The second-order valence-corrected chi connectivity index (χ2v) is 3.70. The summed E-state index contributed by atoms with van der Waals surface area (Å²) in [5.74, 6) is -0.642. The molecule has 0 aliphatic carbocycles. The van der Waals surface area contributed by atoms with Crippen molar-refractivity contribution in [3.05, 3.63) is 23.0 Å². The Hall–Kier alpha value is -1.43. The van der Waals surface area contributed by atoms with Crippen molar-refractivity contribution in [2.24, 2.45) is 5.73 Å². The summed E-state index contributed by atoms with van der Waals surface area (Å²) in [7, 11) is 0. The van der Waals surface area contributed by atoms with E-state index in [4.69, 9.17) is 11.1 Å². The molecule has 1 aromatic rings. The molecule has 0 aromatic carbocycles. The number of guanidine groups is 1. The number of hydrogen-bond acceptors (Lipinski definition) is 4. The highest BCUT2D eigenvalue weighted by atomic mass is 32.1. The van der Waals surface area contributed by atoms with Gasteiger partial charge in [0, 0.05) is 11.8 Å². The van der Waals surface area contributed by atoms with Gasteiger partial charge in [0.1, 0.15) is 0 Å². The number of carbonyl (C=O) groups excluding carboxylic acids is 1. The number of rotatable bonds is 5. The van der Waals surface area contributed by atoms with Crippen LogP contribution in [0, 0.1) is 11.8 Å². The predicted octanol–water partition coefficient (Wildman–Crippen LogP) is 0.680. The fraction of sp³-hybridized carbons (Fsp3) is 0.333. The zero-order valence-corrected chi connectivity index (χ0v) is 9.01. The van der Waals surface area contributed by atoms with E-state index in [1.165, 1.54) is 6.42 Å². The first kappa shape index (κ1) is 11.6. The number of unbranched alkanes of at least 4 members (excludes halogenated alkanes) is 1. The lowest BCUT2D eigenvalue weighted by atomic mass is 10.1. The second-order valence-electron chi connectivity index (χ2n) is 2.98. The summed E-state index contributed by atoms with van der Waals surface area (Å²) >= 11 is 1.57. The van der Waals surface area contributed by atoms with Crippen LogP contribution in [-0.4, -0.2) is 16.9 Å². The molecule has 1 heterocycles. The topological polar surface area (TPSA) is 91.9 Å². The van der Waals surface area contributed by atoms with E-state index in [1.807, 2.05) is 5.38 Å². The molecular formula is C9H13N4OS. The van der Waals surface area contributed by atoms with Crippen molar-refractivity contribution in [2.75, 3.05) is 0 Å². The minimum Gasteiger partial charge on any atom is -0.370 e. The van der Waals surface area contributed by atoms with E-state index in [-0.39, 0.29) is 11.9 Å². The summed E-state index contributed by atoms with van der Waals surface area (Å²) in [6.45, 7) is 0. The Morgan fingerprint density at radius 1 is 1.73 bits per heavy atom. The van der Waals surface area contributed by atoms with Crippen molar-refractivity contribution in [3.8, 4) is 0 Å². The molecule has 15 heavy (non-hydrogen) atoms. The zero-order chi connectivity index (χ0) is 11.1. The van der Waals surface area contributed by atoms with Gasteiger partial charge in [0.2, 0.25) is 5.91 Å². The maximum Gasteiger partial charge on any atom is 0.230 e. The molecule has 0 fully saturated rings. The van der Waals surface area contributed by atoms with E-state index in [0.717, 1.165) is 18.5 Å². The number of nitrogens with one attached hydrogen (secondary N) is 2. The minimum absolute atomic E-state index is 0.319. The van der Waals surface area contributed by atoms with Crippen molar-refractivity contribution in [1.82, 2.24) is 10.3 Å². The van der Waals surface area contributed by atoms with Gasteiger partial charge in [0.15, 0.2) is 5.96 Å². The minimum atomic E-state index is -0.323. The third-order valence-electron chi connectivity index (χ3n) is 1.71. The summed E-state index contributed by atoms with van der Waals surface area (Å²) < 4.78 is 0. The third kappa shape index (κ3) is 5.11. The van der Waals surface area contributed by atoms with Gasteiger partial charge in [-0.2, -0.15) is 0 Å². The molecular weight excluding hydrogens is 212 g/mol. The highest BCUT2D eigenvalue weighted by Gasteiger charge is 2.02. The lowest BCUT2D eigenvalue weighted by molar-refractivity contribution is -0.116. The normalized spacial score (nSPS) is 9.87. The number of aryl methyl sites for hydroxylation is 1. The molecule has 0 unspecified atom stereocenters. The SMILES string of the molecule is N=C(N)NC(=O)[CH]CCCc1cscn1. The Balaban J connectivity index is 2.06. The van der Waals surface area contributed by atoms with Gasteiger partial charge in [-0.15, -0.1) is 11.3 Å². The maximum absolute atomic E-state index is 11.0. The summed E-state index contributed by atoms with van der Waals surface area (Å²) in [6.07, 6.45) is 3.90. The Kier molecular flexibility index (Phi) is 4.76. The van der Waals surface area contributed by atoms with Gasteiger partial charge in [-0.05, 0) is 19.3 Å². The van der Waals surface area contributed by atoms with Crippen LogP contribution >= 0.6 is 11.3 Å². The second kappa shape index (κ2) is 6.13.